The second-order valence-electron chi connectivity index (χ2n) is 6.73. The summed E-state index contributed by atoms with van der Waals surface area (Å²) in [7, 11) is 0. The SMILES string of the molecule is O=C(c1ccc(O)cn1)N1CCC2(CCc3cc(F)ccc3O2)CC1. The van der Waals surface area contributed by atoms with Gasteiger partial charge in [-0.2, -0.15) is 0 Å². The number of amides is 1. The van der Waals surface area contributed by atoms with E-state index in [-0.39, 0.29) is 23.1 Å². The first-order valence-electron chi connectivity index (χ1n) is 8.46. The van der Waals surface area contributed by atoms with Gasteiger partial charge in [0.2, 0.25) is 0 Å². The number of aromatic nitrogens is 1. The minimum atomic E-state index is -0.274. The van der Waals surface area contributed by atoms with Gasteiger partial charge in [0.25, 0.3) is 5.91 Å². The molecule has 0 unspecified atom stereocenters. The van der Waals surface area contributed by atoms with E-state index in [4.69, 9.17) is 4.74 Å². The minimum Gasteiger partial charge on any atom is -0.506 e. The summed E-state index contributed by atoms with van der Waals surface area (Å²) < 4.78 is 19.5. The Labute approximate surface area is 145 Å². The lowest BCUT2D eigenvalue weighted by Gasteiger charge is -2.44. The Bertz CT molecular complexity index is 799. The van der Waals surface area contributed by atoms with Crippen molar-refractivity contribution < 1.29 is 19.0 Å². The number of aromatic hydroxyl groups is 1. The topological polar surface area (TPSA) is 62.7 Å². The Morgan fingerprint density at radius 3 is 2.72 bits per heavy atom. The highest BCUT2D eigenvalue weighted by Crippen LogP contribution is 2.39. The Morgan fingerprint density at radius 1 is 1.20 bits per heavy atom. The van der Waals surface area contributed by atoms with Gasteiger partial charge in [-0.1, -0.05) is 0 Å². The Balaban J connectivity index is 1.44. The molecule has 2 aliphatic heterocycles. The number of rotatable bonds is 1. The van der Waals surface area contributed by atoms with Gasteiger partial charge in [-0.25, -0.2) is 9.37 Å². The number of benzene rings is 1. The fourth-order valence-corrected chi connectivity index (χ4v) is 3.63. The van der Waals surface area contributed by atoms with Crippen molar-refractivity contribution in [3.63, 3.8) is 0 Å². The van der Waals surface area contributed by atoms with Gasteiger partial charge in [0.05, 0.1) is 6.20 Å². The summed E-state index contributed by atoms with van der Waals surface area (Å²) in [6, 6.07) is 7.66. The summed E-state index contributed by atoms with van der Waals surface area (Å²) in [5.74, 6) is 0.431. The molecule has 1 aromatic heterocycles. The van der Waals surface area contributed by atoms with E-state index in [2.05, 4.69) is 4.98 Å². The number of likely N-dealkylation sites (tertiary alicyclic amines) is 1. The van der Waals surface area contributed by atoms with Crippen molar-refractivity contribution in [2.24, 2.45) is 0 Å². The fraction of sp³-hybridized carbons (Fsp3) is 0.368. The second-order valence-corrected chi connectivity index (χ2v) is 6.73. The average Bonchev–Trinajstić information content (AvgIpc) is 2.63. The first kappa shape index (κ1) is 15.9. The molecule has 1 aromatic carbocycles. The quantitative estimate of drug-likeness (QED) is 0.865. The van der Waals surface area contributed by atoms with Crippen LogP contribution in [0.15, 0.2) is 36.5 Å². The summed E-state index contributed by atoms with van der Waals surface area (Å²) in [6.07, 6.45) is 4.39. The molecule has 25 heavy (non-hydrogen) atoms. The molecule has 4 rings (SSSR count). The van der Waals surface area contributed by atoms with E-state index < -0.39 is 0 Å². The molecule has 1 spiro atoms. The molecule has 3 heterocycles. The zero-order valence-corrected chi connectivity index (χ0v) is 13.7. The number of pyridine rings is 1. The highest BCUT2D eigenvalue weighted by molar-refractivity contribution is 5.92. The lowest BCUT2D eigenvalue weighted by Crippen LogP contribution is -2.51. The molecule has 0 bridgehead atoms. The molecular formula is C19H19FN2O3. The molecule has 130 valence electrons. The highest BCUT2D eigenvalue weighted by atomic mass is 19.1. The van der Waals surface area contributed by atoms with Crippen LogP contribution in [0.1, 0.15) is 35.3 Å². The van der Waals surface area contributed by atoms with E-state index in [1.165, 1.54) is 30.5 Å². The van der Waals surface area contributed by atoms with Crippen LogP contribution < -0.4 is 4.74 Å². The van der Waals surface area contributed by atoms with E-state index in [0.717, 1.165) is 37.0 Å². The lowest BCUT2D eigenvalue weighted by molar-refractivity contribution is -0.0109. The summed E-state index contributed by atoms with van der Waals surface area (Å²) in [5, 5.41) is 9.28. The molecular weight excluding hydrogens is 323 g/mol. The van der Waals surface area contributed by atoms with Crippen LogP contribution in [-0.4, -0.2) is 39.6 Å². The zero-order chi connectivity index (χ0) is 17.4. The Hall–Kier alpha value is -2.63. The third kappa shape index (κ3) is 3.04. The molecule has 0 saturated carbocycles. The molecule has 0 atom stereocenters. The molecule has 1 amide bonds. The van der Waals surface area contributed by atoms with Crippen molar-refractivity contribution in [3.8, 4) is 11.5 Å². The van der Waals surface area contributed by atoms with Crippen molar-refractivity contribution in [1.29, 1.82) is 0 Å². The predicted octanol–water partition coefficient (Wildman–Crippen LogP) is 2.93. The monoisotopic (exact) mass is 342 g/mol. The largest absolute Gasteiger partial charge is 0.506 e. The van der Waals surface area contributed by atoms with Gasteiger partial charge in [-0.15, -0.1) is 0 Å². The Kier molecular flexibility index (Phi) is 3.82. The van der Waals surface area contributed by atoms with Gasteiger partial charge in [0, 0.05) is 25.9 Å². The number of carbonyl (C=O) groups excluding carboxylic acids is 1. The molecule has 6 heteroatoms. The lowest BCUT2D eigenvalue weighted by atomic mass is 9.83. The van der Waals surface area contributed by atoms with E-state index in [1.54, 1.807) is 11.0 Å². The summed E-state index contributed by atoms with van der Waals surface area (Å²) in [5.41, 5.74) is 0.973. The van der Waals surface area contributed by atoms with E-state index in [0.29, 0.717) is 18.8 Å². The summed E-state index contributed by atoms with van der Waals surface area (Å²) in [4.78, 5) is 18.3. The maximum absolute atomic E-state index is 13.3. The zero-order valence-electron chi connectivity index (χ0n) is 13.7. The van der Waals surface area contributed by atoms with Gasteiger partial charge < -0.3 is 14.7 Å². The van der Waals surface area contributed by atoms with Crippen LogP contribution in [0.2, 0.25) is 0 Å². The van der Waals surface area contributed by atoms with Gasteiger partial charge in [0.15, 0.2) is 0 Å². The van der Waals surface area contributed by atoms with Crippen molar-refractivity contribution in [1.82, 2.24) is 9.88 Å². The average molecular weight is 342 g/mol. The van der Waals surface area contributed by atoms with Crippen LogP contribution in [0, 0.1) is 5.82 Å². The normalized spacial score (nSPS) is 18.5. The second kappa shape index (κ2) is 6.02. The van der Waals surface area contributed by atoms with Crippen molar-refractivity contribution >= 4 is 5.91 Å². The number of nitrogens with zero attached hydrogens (tertiary/aromatic N) is 2. The van der Waals surface area contributed by atoms with Gasteiger partial charge >= 0.3 is 0 Å². The van der Waals surface area contributed by atoms with Crippen molar-refractivity contribution in [2.45, 2.75) is 31.3 Å². The first-order valence-corrected chi connectivity index (χ1v) is 8.46. The molecule has 2 aliphatic rings. The number of fused-ring (bicyclic) bond motifs is 1. The highest BCUT2D eigenvalue weighted by Gasteiger charge is 2.40. The maximum atomic E-state index is 13.3. The van der Waals surface area contributed by atoms with Crippen molar-refractivity contribution in [3.05, 3.63) is 53.6 Å². The van der Waals surface area contributed by atoms with Crippen LogP contribution >= 0.6 is 0 Å². The smallest absolute Gasteiger partial charge is 0.272 e. The maximum Gasteiger partial charge on any atom is 0.272 e. The standard InChI is InChI=1S/C19H19FN2O3/c20-14-1-4-17-13(11-14)5-6-19(25-17)7-9-22(10-8-19)18(24)16-3-2-15(23)12-21-16/h1-4,11-12,23H,5-10H2. The predicted molar refractivity (Wildman–Crippen MR) is 89.1 cm³/mol. The van der Waals surface area contributed by atoms with Crippen LogP contribution in [-0.2, 0) is 6.42 Å². The van der Waals surface area contributed by atoms with E-state index >= 15 is 0 Å². The molecule has 1 N–H and O–H groups in total. The first-order chi connectivity index (χ1) is 12.0. The van der Waals surface area contributed by atoms with Gasteiger partial charge in [-0.05, 0) is 48.7 Å². The number of hydrogen-bond donors (Lipinski definition) is 1. The number of ether oxygens (including phenoxy) is 1. The number of halogens is 1. The fourth-order valence-electron chi connectivity index (χ4n) is 3.63. The Morgan fingerprint density at radius 2 is 2.00 bits per heavy atom. The molecule has 1 saturated heterocycles. The van der Waals surface area contributed by atoms with Gasteiger partial charge in [0.1, 0.15) is 28.6 Å². The van der Waals surface area contributed by atoms with Crippen LogP contribution in [0.3, 0.4) is 0 Å². The van der Waals surface area contributed by atoms with E-state index in [1.807, 2.05) is 0 Å². The van der Waals surface area contributed by atoms with Crippen LogP contribution in [0.5, 0.6) is 11.5 Å². The molecule has 2 aromatic rings. The van der Waals surface area contributed by atoms with E-state index in [9.17, 15) is 14.3 Å². The molecule has 0 radical (unpaired) electrons. The number of piperidine rings is 1. The third-order valence-electron chi connectivity index (χ3n) is 5.13. The molecule has 1 fully saturated rings. The summed E-state index contributed by atoms with van der Waals surface area (Å²) in [6.45, 7) is 1.19. The van der Waals surface area contributed by atoms with Crippen LogP contribution in [0.25, 0.3) is 0 Å². The summed E-state index contributed by atoms with van der Waals surface area (Å²) >= 11 is 0. The molecule has 0 aliphatic carbocycles. The van der Waals surface area contributed by atoms with Crippen molar-refractivity contribution in [2.75, 3.05) is 13.1 Å². The van der Waals surface area contributed by atoms with Crippen LogP contribution in [0.4, 0.5) is 4.39 Å². The molecule has 5 nitrogen and oxygen atoms in total. The third-order valence-corrected chi connectivity index (χ3v) is 5.13. The number of carbonyl (C=O) groups is 1. The number of aryl methyl sites for hydroxylation is 1. The minimum absolute atomic E-state index is 0.0415. The number of hydrogen-bond acceptors (Lipinski definition) is 4. The van der Waals surface area contributed by atoms with Gasteiger partial charge in [-0.3, -0.25) is 4.79 Å².